The van der Waals surface area contributed by atoms with Gasteiger partial charge in [0, 0.05) is 17.6 Å². The van der Waals surface area contributed by atoms with Crippen molar-refractivity contribution in [1.82, 2.24) is 4.31 Å². The van der Waals surface area contributed by atoms with Crippen LogP contribution in [0.5, 0.6) is 0 Å². The summed E-state index contributed by atoms with van der Waals surface area (Å²) in [7, 11) is -3.87. The lowest BCUT2D eigenvalue weighted by atomic mass is 10.4. The van der Waals surface area contributed by atoms with Crippen LogP contribution in [0.4, 0.5) is 0 Å². The van der Waals surface area contributed by atoms with E-state index in [1.807, 2.05) is 0 Å². The molecule has 0 radical (unpaired) electrons. The molecular weight excluding hydrogens is 381 g/mol. The van der Waals surface area contributed by atoms with Gasteiger partial charge in [0.15, 0.2) is 0 Å². The van der Waals surface area contributed by atoms with Crippen molar-refractivity contribution in [1.29, 1.82) is 0 Å². The highest BCUT2D eigenvalue weighted by atomic mass is 79.9. The maximum Gasteiger partial charge on any atom is 0.244 e. The highest BCUT2D eigenvalue weighted by Gasteiger charge is 2.26. The molecule has 5 nitrogen and oxygen atoms in total. The number of aliphatic hydroxyl groups is 2. The van der Waals surface area contributed by atoms with Crippen molar-refractivity contribution in [2.75, 3.05) is 26.3 Å². The van der Waals surface area contributed by atoms with Gasteiger partial charge in [-0.2, -0.15) is 4.31 Å². The largest absolute Gasteiger partial charge is 0.395 e. The van der Waals surface area contributed by atoms with E-state index in [4.69, 9.17) is 33.4 Å². The lowest BCUT2D eigenvalue weighted by molar-refractivity contribution is 0.217. The van der Waals surface area contributed by atoms with Crippen LogP contribution in [0.2, 0.25) is 10.0 Å². The molecule has 0 heterocycles. The second kappa shape index (κ2) is 7.21. The molecule has 9 heteroatoms. The van der Waals surface area contributed by atoms with E-state index in [1.165, 1.54) is 12.1 Å². The molecule has 0 aliphatic heterocycles. The Morgan fingerprint density at radius 3 is 2.05 bits per heavy atom. The van der Waals surface area contributed by atoms with E-state index >= 15 is 0 Å². The van der Waals surface area contributed by atoms with Gasteiger partial charge in [0.1, 0.15) is 0 Å². The molecule has 1 aromatic carbocycles. The van der Waals surface area contributed by atoms with Crippen LogP contribution < -0.4 is 0 Å². The van der Waals surface area contributed by atoms with Gasteiger partial charge in [0.2, 0.25) is 10.0 Å². The molecule has 0 aromatic heterocycles. The molecule has 0 bridgehead atoms. The Morgan fingerprint density at radius 2 is 1.58 bits per heavy atom. The zero-order valence-electron chi connectivity index (χ0n) is 9.68. The summed E-state index contributed by atoms with van der Waals surface area (Å²) < 4.78 is 26.0. The molecule has 0 aliphatic rings. The topological polar surface area (TPSA) is 77.8 Å². The van der Waals surface area contributed by atoms with E-state index in [2.05, 4.69) is 15.9 Å². The van der Waals surface area contributed by atoms with Gasteiger partial charge in [0.05, 0.1) is 28.2 Å². The van der Waals surface area contributed by atoms with E-state index in [-0.39, 0.29) is 45.7 Å². The smallest absolute Gasteiger partial charge is 0.244 e. The number of hydrogen-bond donors (Lipinski definition) is 2. The van der Waals surface area contributed by atoms with Crippen molar-refractivity contribution in [3.05, 3.63) is 26.7 Å². The van der Waals surface area contributed by atoms with Gasteiger partial charge >= 0.3 is 0 Å². The predicted molar refractivity (Wildman–Crippen MR) is 77.1 cm³/mol. The van der Waals surface area contributed by atoms with Crippen molar-refractivity contribution >= 4 is 49.2 Å². The first kappa shape index (κ1) is 17.2. The van der Waals surface area contributed by atoms with Gasteiger partial charge in [-0.25, -0.2) is 8.42 Å². The van der Waals surface area contributed by atoms with E-state index < -0.39 is 10.0 Å². The standard InChI is InChI=1S/C10H12BrCl2NO4S/c11-7-5-8(12)9(13)6-10(7)19(17,18)14(1-3-15)2-4-16/h5-6,15-16H,1-4H2. The molecule has 108 valence electrons. The molecule has 0 spiro atoms. The second-order valence-corrected chi connectivity index (χ2v) is 7.12. The van der Waals surface area contributed by atoms with Gasteiger partial charge in [0.25, 0.3) is 0 Å². The molecule has 0 fully saturated rings. The summed E-state index contributed by atoms with van der Waals surface area (Å²) in [6.07, 6.45) is 0. The summed E-state index contributed by atoms with van der Waals surface area (Å²) in [5.41, 5.74) is 0. The Labute approximate surface area is 129 Å². The van der Waals surface area contributed by atoms with Crippen molar-refractivity contribution in [2.24, 2.45) is 0 Å². The fraction of sp³-hybridized carbons (Fsp3) is 0.400. The number of hydrogen-bond acceptors (Lipinski definition) is 4. The molecule has 1 rings (SSSR count). The molecule has 0 amide bonds. The molecule has 19 heavy (non-hydrogen) atoms. The van der Waals surface area contributed by atoms with E-state index in [0.717, 1.165) is 4.31 Å². The van der Waals surface area contributed by atoms with E-state index in [9.17, 15) is 8.42 Å². The Morgan fingerprint density at radius 1 is 1.11 bits per heavy atom. The lowest BCUT2D eigenvalue weighted by Gasteiger charge is -2.21. The molecule has 0 saturated heterocycles. The third-order valence-corrected chi connectivity index (χ3v) is 5.87. The number of nitrogens with zero attached hydrogens (tertiary/aromatic N) is 1. The SMILES string of the molecule is O=S(=O)(c1cc(Cl)c(Cl)cc1Br)N(CCO)CCO. The molecule has 0 atom stereocenters. The quantitative estimate of drug-likeness (QED) is 0.722. The minimum Gasteiger partial charge on any atom is -0.395 e. The average Bonchev–Trinajstić information content (AvgIpc) is 2.33. The number of halogens is 3. The summed E-state index contributed by atoms with van der Waals surface area (Å²) >= 11 is 14.7. The van der Waals surface area contributed by atoms with Crippen molar-refractivity contribution in [2.45, 2.75) is 4.90 Å². The fourth-order valence-electron chi connectivity index (χ4n) is 1.42. The van der Waals surface area contributed by atoms with Crippen LogP contribution in [0.15, 0.2) is 21.5 Å². The lowest BCUT2D eigenvalue weighted by Crippen LogP contribution is -2.36. The van der Waals surface area contributed by atoms with Crippen molar-refractivity contribution < 1.29 is 18.6 Å². The second-order valence-electron chi connectivity index (χ2n) is 3.55. The summed E-state index contributed by atoms with van der Waals surface area (Å²) in [5.74, 6) is 0. The minimum atomic E-state index is -3.87. The average molecular weight is 393 g/mol. The molecule has 0 aliphatic carbocycles. The maximum atomic E-state index is 12.4. The monoisotopic (exact) mass is 391 g/mol. The number of rotatable bonds is 6. The molecule has 2 N–H and O–H groups in total. The van der Waals surface area contributed by atoms with Crippen LogP contribution in [-0.2, 0) is 10.0 Å². The first-order valence-electron chi connectivity index (χ1n) is 5.21. The van der Waals surface area contributed by atoms with Crippen molar-refractivity contribution in [3.63, 3.8) is 0 Å². The molecule has 0 unspecified atom stereocenters. The van der Waals surface area contributed by atoms with Gasteiger partial charge in [-0.3, -0.25) is 0 Å². The van der Waals surface area contributed by atoms with Crippen LogP contribution >= 0.6 is 39.1 Å². The van der Waals surface area contributed by atoms with Crippen LogP contribution in [0.25, 0.3) is 0 Å². The van der Waals surface area contributed by atoms with Gasteiger partial charge < -0.3 is 10.2 Å². The van der Waals surface area contributed by atoms with Crippen LogP contribution in [0.3, 0.4) is 0 Å². The summed E-state index contributed by atoms with van der Waals surface area (Å²) in [6, 6.07) is 2.61. The highest BCUT2D eigenvalue weighted by molar-refractivity contribution is 9.10. The zero-order chi connectivity index (χ0) is 14.6. The van der Waals surface area contributed by atoms with E-state index in [0.29, 0.717) is 0 Å². The fourth-order valence-corrected chi connectivity index (χ4v) is 4.39. The van der Waals surface area contributed by atoms with Crippen LogP contribution in [0.1, 0.15) is 0 Å². The summed E-state index contributed by atoms with van der Waals surface area (Å²) in [5, 5.41) is 18.1. The number of benzene rings is 1. The van der Waals surface area contributed by atoms with Gasteiger partial charge in [-0.05, 0) is 28.1 Å². The van der Waals surface area contributed by atoms with Gasteiger partial charge in [-0.1, -0.05) is 23.2 Å². The maximum absolute atomic E-state index is 12.4. The normalized spacial score (nSPS) is 12.1. The third kappa shape index (κ3) is 4.04. The minimum absolute atomic E-state index is 0.0659. The van der Waals surface area contributed by atoms with Crippen LogP contribution in [-0.4, -0.2) is 49.2 Å². The van der Waals surface area contributed by atoms with Crippen molar-refractivity contribution in [3.8, 4) is 0 Å². The summed E-state index contributed by atoms with van der Waals surface area (Å²) in [4.78, 5) is -0.0659. The molecular formula is C10H12BrCl2NO4S. The highest BCUT2D eigenvalue weighted by Crippen LogP contribution is 2.33. The number of sulfonamides is 1. The Kier molecular flexibility index (Phi) is 6.52. The Balaban J connectivity index is 3.28. The molecule has 0 saturated carbocycles. The Bertz CT molecular complexity index is 547. The van der Waals surface area contributed by atoms with E-state index in [1.54, 1.807) is 0 Å². The first-order valence-corrected chi connectivity index (χ1v) is 8.20. The first-order chi connectivity index (χ1) is 8.84. The predicted octanol–water partition coefficient (Wildman–Crippen LogP) is 1.73. The summed E-state index contributed by atoms with van der Waals surface area (Å²) in [6.45, 7) is -0.929. The van der Waals surface area contributed by atoms with Crippen LogP contribution in [0, 0.1) is 0 Å². The zero-order valence-corrected chi connectivity index (χ0v) is 13.6. The molecule has 1 aromatic rings. The number of aliphatic hydroxyl groups excluding tert-OH is 2. The Hall–Kier alpha value is 0.110. The van der Waals surface area contributed by atoms with Gasteiger partial charge in [-0.15, -0.1) is 0 Å². The third-order valence-electron chi connectivity index (χ3n) is 2.29.